The summed E-state index contributed by atoms with van der Waals surface area (Å²) in [4.78, 5) is 1.31. The largest absolute Gasteiger partial charge is 0.355 e. The van der Waals surface area contributed by atoms with E-state index in [0.29, 0.717) is 0 Å². The molecule has 2 aromatic heterocycles. The standard InChI is InChI=1S/C49H32BN2S/c1-49(2)37-19-9-7-16-33(37)34-24-23-30(27-38(34)49)51-40-25-22-28-12-3-5-14-31(28)44(40)45-32-15-6-4-13-29(32)26-41-46(45)50-39-20-11-18-36-43-35-17-8-10-21-42(35)53-48(43)52(41)47(36)39/h3-27,51H,1-2H3. The first-order valence-corrected chi connectivity index (χ1v) is 19.3. The fourth-order valence-electron chi connectivity index (χ4n) is 9.60. The van der Waals surface area contributed by atoms with Crippen LogP contribution in [-0.2, 0) is 5.41 Å². The highest BCUT2D eigenvalue weighted by atomic mass is 32.1. The number of anilines is 2. The molecule has 3 heterocycles. The molecule has 0 fully saturated rings. The van der Waals surface area contributed by atoms with Gasteiger partial charge in [0.1, 0.15) is 4.83 Å². The zero-order chi connectivity index (χ0) is 35.0. The van der Waals surface area contributed by atoms with E-state index in [0.717, 1.165) is 11.4 Å². The lowest BCUT2D eigenvalue weighted by Crippen LogP contribution is -2.37. The van der Waals surface area contributed by atoms with Gasteiger partial charge in [-0.05, 0) is 85.2 Å². The minimum atomic E-state index is -0.0765. The molecule has 247 valence electrons. The van der Waals surface area contributed by atoms with E-state index >= 15 is 0 Å². The maximum atomic E-state index is 3.99. The summed E-state index contributed by atoms with van der Waals surface area (Å²) < 4.78 is 3.89. The number of nitrogens with zero attached hydrogens (tertiary/aromatic N) is 1. The van der Waals surface area contributed by atoms with Gasteiger partial charge in [0.2, 0.25) is 0 Å². The number of thiophene rings is 1. The molecule has 8 aromatic carbocycles. The number of aromatic nitrogens is 1. The molecule has 0 bridgehead atoms. The molecule has 0 atom stereocenters. The summed E-state index contributed by atoms with van der Waals surface area (Å²) in [5.74, 6) is 0. The van der Waals surface area contributed by atoms with Gasteiger partial charge in [0.25, 0.3) is 0 Å². The van der Waals surface area contributed by atoms with E-state index in [1.807, 2.05) is 11.3 Å². The Bertz CT molecular complexity index is 3220. The summed E-state index contributed by atoms with van der Waals surface area (Å²) >= 11 is 1.90. The molecule has 53 heavy (non-hydrogen) atoms. The summed E-state index contributed by atoms with van der Waals surface area (Å²) in [6.45, 7) is 4.70. The van der Waals surface area contributed by atoms with Gasteiger partial charge in [0, 0.05) is 54.4 Å². The van der Waals surface area contributed by atoms with Crippen LogP contribution < -0.4 is 16.2 Å². The third kappa shape index (κ3) is 3.94. The summed E-state index contributed by atoms with van der Waals surface area (Å²) in [6.07, 6.45) is 0. The quantitative estimate of drug-likeness (QED) is 0.183. The van der Waals surface area contributed by atoms with E-state index in [1.165, 1.54) is 103 Å². The van der Waals surface area contributed by atoms with Crippen molar-refractivity contribution in [2.45, 2.75) is 19.3 Å². The Kier molecular flexibility index (Phi) is 5.84. The third-order valence-electron chi connectivity index (χ3n) is 12.0. The average molecular weight is 692 g/mol. The minimum absolute atomic E-state index is 0.0765. The van der Waals surface area contributed by atoms with Crippen molar-refractivity contribution in [2.24, 2.45) is 0 Å². The van der Waals surface area contributed by atoms with Crippen LogP contribution in [0.25, 0.3) is 80.7 Å². The lowest BCUT2D eigenvalue weighted by molar-refractivity contribution is 0.660. The van der Waals surface area contributed by atoms with Gasteiger partial charge >= 0.3 is 0 Å². The zero-order valence-electron chi connectivity index (χ0n) is 29.4. The van der Waals surface area contributed by atoms with Crippen molar-refractivity contribution in [3.63, 3.8) is 0 Å². The molecule has 1 aliphatic heterocycles. The Morgan fingerprint density at radius 1 is 0.585 bits per heavy atom. The van der Waals surface area contributed by atoms with Gasteiger partial charge in [-0.25, -0.2) is 0 Å². The number of para-hydroxylation sites is 1. The number of rotatable bonds is 3. The first-order chi connectivity index (χ1) is 26.0. The SMILES string of the molecule is CC1(C)c2ccccc2-c2ccc(Nc3ccc4ccccc4c3-c3c4c(cc5ccccc35)-n3c5sc6ccccc6c5c5cccc(c53)[B]4)cc21. The number of nitrogens with one attached hydrogen (secondary N) is 1. The molecule has 1 radical (unpaired) electrons. The molecule has 0 spiro atoms. The van der Waals surface area contributed by atoms with E-state index < -0.39 is 0 Å². The van der Waals surface area contributed by atoms with Crippen LogP contribution in [0, 0.1) is 0 Å². The fourth-order valence-corrected chi connectivity index (χ4v) is 10.8. The fraction of sp³-hybridized carbons (Fsp3) is 0.0612. The predicted molar refractivity (Wildman–Crippen MR) is 229 cm³/mol. The average Bonchev–Trinajstić information content (AvgIpc) is 3.80. The highest BCUT2D eigenvalue weighted by molar-refractivity contribution is 7.25. The van der Waals surface area contributed by atoms with Gasteiger partial charge in [0.05, 0.1) is 0 Å². The van der Waals surface area contributed by atoms with Gasteiger partial charge in [-0.1, -0.05) is 141 Å². The highest BCUT2D eigenvalue weighted by Gasteiger charge is 2.35. The van der Waals surface area contributed by atoms with Crippen molar-refractivity contribution < 1.29 is 0 Å². The van der Waals surface area contributed by atoms with Crippen LogP contribution in [-0.4, -0.2) is 11.8 Å². The Morgan fingerprint density at radius 3 is 2.19 bits per heavy atom. The van der Waals surface area contributed by atoms with Gasteiger partial charge in [-0.2, -0.15) is 0 Å². The molecular weight excluding hydrogens is 659 g/mol. The second-order valence-electron chi connectivity index (χ2n) is 15.2. The van der Waals surface area contributed by atoms with Gasteiger partial charge in [0.15, 0.2) is 7.28 Å². The molecule has 0 unspecified atom stereocenters. The Morgan fingerprint density at radius 2 is 1.30 bits per heavy atom. The van der Waals surface area contributed by atoms with Crippen LogP contribution >= 0.6 is 11.3 Å². The van der Waals surface area contributed by atoms with Crippen molar-refractivity contribution in [3.05, 3.63) is 163 Å². The molecule has 1 N–H and O–H groups in total. The molecule has 0 amide bonds. The number of benzene rings is 8. The summed E-state index contributed by atoms with van der Waals surface area (Å²) in [5.41, 5.74) is 15.1. The highest BCUT2D eigenvalue weighted by Crippen LogP contribution is 2.50. The molecule has 4 heteroatoms. The lowest BCUT2D eigenvalue weighted by Gasteiger charge is -2.27. The van der Waals surface area contributed by atoms with E-state index in [-0.39, 0.29) is 5.41 Å². The summed E-state index contributed by atoms with van der Waals surface area (Å²) in [7, 11) is 2.45. The van der Waals surface area contributed by atoms with Crippen molar-refractivity contribution in [1.29, 1.82) is 0 Å². The van der Waals surface area contributed by atoms with E-state index in [4.69, 9.17) is 0 Å². The zero-order valence-corrected chi connectivity index (χ0v) is 30.2. The van der Waals surface area contributed by atoms with Crippen molar-refractivity contribution in [1.82, 2.24) is 4.57 Å². The van der Waals surface area contributed by atoms with Gasteiger partial charge in [-0.15, -0.1) is 11.3 Å². The summed E-state index contributed by atoms with van der Waals surface area (Å²) in [6, 6.07) is 56.3. The minimum Gasteiger partial charge on any atom is -0.355 e. The summed E-state index contributed by atoms with van der Waals surface area (Å²) in [5, 5.41) is 13.0. The topological polar surface area (TPSA) is 17.0 Å². The predicted octanol–water partition coefficient (Wildman–Crippen LogP) is 12.0. The van der Waals surface area contributed by atoms with E-state index in [2.05, 4.69) is 183 Å². The van der Waals surface area contributed by atoms with Crippen LogP contribution in [0.4, 0.5) is 11.4 Å². The second kappa shape index (κ2) is 10.5. The third-order valence-corrected chi connectivity index (χ3v) is 13.1. The van der Waals surface area contributed by atoms with Crippen molar-refractivity contribution >= 4 is 93.7 Å². The van der Waals surface area contributed by atoms with E-state index in [1.54, 1.807) is 0 Å². The normalized spacial score (nSPS) is 13.8. The van der Waals surface area contributed by atoms with Crippen LogP contribution in [0.15, 0.2) is 152 Å². The molecule has 2 nitrogen and oxygen atoms in total. The monoisotopic (exact) mass is 691 g/mol. The molecular formula is C49H32BN2S. The van der Waals surface area contributed by atoms with Crippen LogP contribution in [0.1, 0.15) is 25.0 Å². The molecule has 2 aliphatic rings. The van der Waals surface area contributed by atoms with Crippen molar-refractivity contribution in [2.75, 3.05) is 5.32 Å². The lowest BCUT2D eigenvalue weighted by atomic mass is 9.58. The molecule has 12 rings (SSSR count). The maximum Gasteiger partial charge on any atom is 0.197 e. The Hall–Kier alpha value is -6.10. The molecule has 0 saturated heterocycles. The first kappa shape index (κ1) is 29.5. The van der Waals surface area contributed by atoms with Gasteiger partial charge in [-0.3, -0.25) is 0 Å². The Labute approximate surface area is 312 Å². The first-order valence-electron chi connectivity index (χ1n) is 18.4. The molecule has 1 aliphatic carbocycles. The van der Waals surface area contributed by atoms with Gasteiger partial charge < -0.3 is 9.88 Å². The molecule has 10 aromatic rings. The Balaban J connectivity index is 1.14. The number of hydrogen-bond acceptors (Lipinski definition) is 2. The van der Waals surface area contributed by atoms with Crippen LogP contribution in [0.3, 0.4) is 0 Å². The number of hydrogen-bond donors (Lipinski definition) is 1. The second-order valence-corrected chi connectivity index (χ2v) is 16.2. The van der Waals surface area contributed by atoms with E-state index in [9.17, 15) is 0 Å². The smallest absolute Gasteiger partial charge is 0.197 e. The van der Waals surface area contributed by atoms with Crippen LogP contribution in [0.2, 0.25) is 0 Å². The number of fused-ring (bicyclic) bond motifs is 12. The molecule has 0 saturated carbocycles. The van der Waals surface area contributed by atoms with Crippen LogP contribution in [0.5, 0.6) is 0 Å². The van der Waals surface area contributed by atoms with Crippen molar-refractivity contribution in [3.8, 4) is 27.9 Å². The maximum absolute atomic E-state index is 3.99.